The highest BCUT2D eigenvalue weighted by molar-refractivity contribution is 5.96. The molecule has 2 saturated heterocycles. The van der Waals surface area contributed by atoms with Gasteiger partial charge in [0.25, 0.3) is 5.91 Å². The molecule has 27 heavy (non-hydrogen) atoms. The van der Waals surface area contributed by atoms with E-state index in [4.69, 9.17) is 9.47 Å². The van der Waals surface area contributed by atoms with E-state index in [-0.39, 0.29) is 18.0 Å². The lowest BCUT2D eigenvalue weighted by Crippen LogP contribution is -2.60. The van der Waals surface area contributed by atoms with E-state index in [0.29, 0.717) is 19.8 Å². The highest BCUT2D eigenvalue weighted by atomic mass is 16.5. The molecule has 142 valence electrons. The minimum atomic E-state index is 0.0767. The molecule has 5 nitrogen and oxygen atoms in total. The van der Waals surface area contributed by atoms with Crippen LogP contribution < -0.4 is 4.74 Å². The van der Waals surface area contributed by atoms with Gasteiger partial charge in [-0.05, 0) is 24.6 Å². The molecule has 2 atom stereocenters. The second-order valence-electron chi connectivity index (χ2n) is 7.24. The second kappa shape index (κ2) is 7.71. The van der Waals surface area contributed by atoms with Crippen LogP contribution in [0, 0.1) is 6.92 Å². The Morgan fingerprint density at radius 2 is 1.89 bits per heavy atom. The summed E-state index contributed by atoms with van der Waals surface area (Å²) in [7, 11) is 1.64. The van der Waals surface area contributed by atoms with E-state index in [9.17, 15) is 4.79 Å². The molecule has 0 bridgehead atoms. The van der Waals surface area contributed by atoms with Gasteiger partial charge in [-0.15, -0.1) is 0 Å². The fraction of sp³-hybridized carbons (Fsp3) is 0.409. The van der Waals surface area contributed by atoms with E-state index in [2.05, 4.69) is 29.2 Å². The first-order valence-corrected chi connectivity index (χ1v) is 9.50. The molecule has 0 radical (unpaired) electrons. The first kappa shape index (κ1) is 18.0. The number of carbonyl (C=O) groups is 1. The van der Waals surface area contributed by atoms with Crippen molar-refractivity contribution in [2.45, 2.75) is 19.0 Å². The number of morpholine rings is 1. The van der Waals surface area contributed by atoms with Crippen LogP contribution in [0.2, 0.25) is 0 Å². The number of fused-ring (bicyclic) bond motifs is 1. The summed E-state index contributed by atoms with van der Waals surface area (Å²) in [5.74, 6) is 0.831. The molecule has 0 N–H and O–H groups in total. The fourth-order valence-corrected chi connectivity index (χ4v) is 4.22. The first-order chi connectivity index (χ1) is 13.2. The average molecular weight is 366 g/mol. The van der Waals surface area contributed by atoms with E-state index in [0.717, 1.165) is 30.0 Å². The summed E-state index contributed by atoms with van der Waals surface area (Å²) in [5, 5.41) is 0. The summed E-state index contributed by atoms with van der Waals surface area (Å²) in [6, 6.07) is 16.7. The molecule has 0 saturated carbocycles. The number of hydrogen-bond donors (Lipinski definition) is 0. The number of amides is 1. The molecule has 2 aromatic rings. The molecule has 2 aromatic carbocycles. The van der Waals surface area contributed by atoms with Crippen LogP contribution in [0.15, 0.2) is 48.5 Å². The van der Waals surface area contributed by atoms with Gasteiger partial charge in [0.05, 0.1) is 32.4 Å². The number of hydrogen-bond acceptors (Lipinski definition) is 4. The maximum absolute atomic E-state index is 13.1. The minimum absolute atomic E-state index is 0.0767. The summed E-state index contributed by atoms with van der Waals surface area (Å²) in [6.45, 7) is 5.61. The van der Waals surface area contributed by atoms with Crippen LogP contribution >= 0.6 is 0 Å². The lowest BCUT2D eigenvalue weighted by atomic mass is 9.99. The van der Waals surface area contributed by atoms with Gasteiger partial charge in [-0.3, -0.25) is 9.69 Å². The Labute approximate surface area is 160 Å². The topological polar surface area (TPSA) is 42.0 Å². The standard InChI is InChI=1S/C22H26N2O3/c1-16-19(9-6-10-21(16)26-2)22(25)23-11-12-24-18(13-23)14-27-15-20(24)17-7-4-3-5-8-17/h3-10,18,20H,11-15H2,1-2H3/t18-,20-/m1/s1. The lowest BCUT2D eigenvalue weighted by molar-refractivity contribution is -0.0770. The van der Waals surface area contributed by atoms with Crippen molar-refractivity contribution in [2.75, 3.05) is 40.0 Å². The summed E-state index contributed by atoms with van der Waals surface area (Å²) in [4.78, 5) is 17.6. The minimum Gasteiger partial charge on any atom is -0.496 e. The number of rotatable bonds is 3. The van der Waals surface area contributed by atoms with Gasteiger partial charge in [0.1, 0.15) is 5.75 Å². The van der Waals surface area contributed by atoms with Gasteiger partial charge in [0, 0.05) is 30.8 Å². The van der Waals surface area contributed by atoms with Crippen LogP contribution in [-0.2, 0) is 4.74 Å². The van der Waals surface area contributed by atoms with E-state index in [1.807, 2.05) is 36.1 Å². The van der Waals surface area contributed by atoms with E-state index >= 15 is 0 Å². The van der Waals surface area contributed by atoms with Crippen molar-refractivity contribution in [1.82, 2.24) is 9.80 Å². The number of nitrogens with zero attached hydrogens (tertiary/aromatic N) is 2. The van der Waals surface area contributed by atoms with Crippen molar-refractivity contribution in [3.8, 4) is 5.75 Å². The summed E-state index contributed by atoms with van der Waals surface area (Å²) in [5.41, 5.74) is 2.90. The Hall–Kier alpha value is -2.37. The van der Waals surface area contributed by atoms with Crippen LogP contribution in [0.4, 0.5) is 0 Å². The molecular weight excluding hydrogens is 340 g/mol. The number of benzene rings is 2. The predicted octanol–water partition coefficient (Wildman–Crippen LogP) is 2.90. The largest absolute Gasteiger partial charge is 0.496 e. The highest BCUT2D eigenvalue weighted by Gasteiger charge is 2.38. The van der Waals surface area contributed by atoms with Crippen LogP contribution in [0.3, 0.4) is 0 Å². The molecule has 2 heterocycles. The normalized spacial score (nSPS) is 23.0. The van der Waals surface area contributed by atoms with Crippen LogP contribution in [-0.4, -0.2) is 61.7 Å². The Morgan fingerprint density at radius 1 is 1.07 bits per heavy atom. The zero-order chi connectivity index (χ0) is 18.8. The van der Waals surface area contributed by atoms with Crippen molar-refractivity contribution in [2.24, 2.45) is 0 Å². The lowest BCUT2D eigenvalue weighted by Gasteiger charge is -2.48. The Bertz CT molecular complexity index is 808. The van der Waals surface area contributed by atoms with Crippen LogP contribution in [0.1, 0.15) is 27.5 Å². The van der Waals surface area contributed by atoms with Gasteiger partial charge in [0.15, 0.2) is 0 Å². The SMILES string of the molecule is COc1cccc(C(=O)N2CCN3[C@@H](COC[C@@H]3c3ccccc3)C2)c1C. The van der Waals surface area contributed by atoms with Gasteiger partial charge in [-0.25, -0.2) is 0 Å². The number of piperazine rings is 1. The molecule has 2 aliphatic rings. The molecule has 0 spiro atoms. The molecular formula is C22H26N2O3. The van der Waals surface area contributed by atoms with Gasteiger partial charge in [0.2, 0.25) is 0 Å². The van der Waals surface area contributed by atoms with Crippen LogP contribution in [0.5, 0.6) is 5.75 Å². The van der Waals surface area contributed by atoms with Crippen molar-refractivity contribution in [3.05, 3.63) is 65.2 Å². The second-order valence-corrected chi connectivity index (χ2v) is 7.24. The molecule has 0 unspecified atom stereocenters. The third kappa shape index (κ3) is 3.45. The number of carbonyl (C=O) groups excluding carboxylic acids is 1. The van der Waals surface area contributed by atoms with Gasteiger partial charge < -0.3 is 14.4 Å². The van der Waals surface area contributed by atoms with Crippen molar-refractivity contribution in [1.29, 1.82) is 0 Å². The number of ether oxygens (including phenoxy) is 2. The first-order valence-electron chi connectivity index (χ1n) is 9.50. The smallest absolute Gasteiger partial charge is 0.254 e. The van der Waals surface area contributed by atoms with Crippen molar-refractivity contribution in [3.63, 3.8) is 0 Å². The van der Waals surface area contributed by atoms with Crippen LogP contribution in [0.25, 0.3) is 0 Å². The van der Waals surface area contributed by atoms with Gasteiger partial charge in [-0.2, -0.15) is 0 Å². The Kier molecular flexibility index (Phi) is 5.14. The van der Waals surface area contributed by atoms with E-state index in [1.165, 1.54) is 5.56 Å². The third-order valence-corrected chi connectivity index (χ3v) is 5.72. The molecule has 1 amide bonds. The number of methoxy groups -OCH3 is 1. The monoisotopic (exact) mass is 366 g/mol. The zero-order valence-electron chi connectivity index (χ0n) is 15.9. The van der Waals surface area contributed by atoms with E-state index in [1.54, 1.807) is 7.11 Å². The predicted molar refractivity (Wildman–Crippen MR) is 104 cm³/mol. The molecule has 0 aliphatic carbocycles. The molecule has 0 aromatic heterocycles. The Balaban J connectivity index is 1.51. The zero-order valence-corrected chi connectivity index (χ0v) is 15.9. The highest BCUT2D eigenvalue weighted by Crippen LogP contribution is 2.30. The summed E-state index contributed by atoms with van der Waals surface area (Å²) < 4.78 is 11.3. The average Bonchev–Trinajstić information content (AvgIpc) is 2.73. The van der Waals surface area contributed by atoms with Gasteiger partial charge in [-0.1, -0.05) is 36.4 Å². The molecule has 5 heteroatoms. The molecule has 2 fully saturated rings. The van der Waals surface area contributed by atoms with E-state index < -0.39 is 0 Å². The third-order valence-electron chi connectivity index (χ3n) is 5.72. The van der Waals surface area contributed by atoms with Crippen molar-refractivity contribution >= 4 is 5.91 Å². The van der Waals surface area contributed by atoms with Gasteiger partial charge >= 0.3 is 0 Å². The fourth-order valence-electron chi connectivity index (χ4n) is 4.22. The maximum Gasteiger partial charge on any atom is 0.254 e. The van der Waals surface area contributed by atoms with Crippen molar-refractivity contribution < 1.29 is 14.3 Å². The summed E-state index contributed by atoms with van der Waals surface area (Å²) >= 11 is 0. The molecule has 2 aliphatic heterocycles. The Morgan fingerprint density at radius 3 is 2.67 bits per heavy atom. The quantitative estimate of drug-likeness (QED) is 0.838. The summed E-state index contributed by atoms with van der Waals surface area (Å²) in [6.07, 6.45) is 0. The maximum atomic E-state index is 13.1. The molecule has 4 rings (SSSR count).